The maximum Gasteiger partial charge on any atom is 0.250 e. The monoisotopic (exact) mass is 324 g/mol. The van der Waals surface area contributed by atoms with Gasteiger partial charge < -0.3 is 4.98 Å². The Balaban J connectivity index is 1.37. The van der Waals surface area contributed by atoms with Crippen LogP contribution in [0.5, 0.6) is 0 Å². The standard InChI is InChI=1S/C16H16N6O2/c23-13(4-2-10-1-3-12-11(9-10)5-7-17-12)18-15-20-16-19-14(24)6-8-22(16)21-15/h1,3,5,7,9,17H,2,4,6,8H2,(H2,18,19,20,21,23,24). The summed E-state index contributed by atoms with van der Waals surface area (Å²) < 4.78 is 1.58. The van der Waals surface area contributed by atoms with Crippen LogP contribution in [0.4, 0.5) is 11.9 Å². The van der Waals surface area contributed by atoms with Gasteiger partial charge in [-0.3, -0.25) is 20.2 Å². The Morgan fingerprint density at radius 2 is 2.25 bits per heavy atom. The molecule has 0 bridgehead atoms. The lowest BCUT2D eigenvalue weighted by atomic mass is 10.1. The SMILES string of the molecule is O=C(CCc1ccc2[nH]ccc2c1)Nc1nc2n(n1)CCC(=O)N2. The van der Waals surface area contributed by atoms with Crippen LogP contribution in [0.2, 0.25) is 0 Å². The number of aryl methyl sites for hydroxylation is 2. The van der Waals surface area contributed by atoms with Gasteiger partial charge in [-0.05, 0) is 35.6 Å². The third kappa shape index (κ3) is 2.85. The van der Waals surface area contributed by atoms with Crippen LogP contribution in [0.25, 0.3) is 10.9 Å². The molecule has 3 N–H and O–H groups in total. The van der Waals surface area contributed by atoms with E-state index in [1.807, 2.05) is 24.4 Å². The fourth-order valence-corrected chi connectivity index (χ4v) is 2.74. The molecule has 24 heavy (non-hydrogen) atoms. The number of amides is 2. The number of benzene rings is 1. The first kappa shape index (κ1) is 14.4. The van der Waals surface area contributed by atoms with E-state index in [1.54, 1.807) is 4.68 Å². The molecule has 0 saturated heterocycles. The van der Waals surface area contributed by atoms with E-state index in [-0.39, 0.29) is 17.8 Å². The first-order valence-corrected chi connectivity index (χ1v) is 7.78. The van der Waals surface area contributed by atoms with Gasteiger partial charge in [-0.2, -0.15) is 4.98 Å². The fraction of sp³-hybridized carbons (Fsp3) is 0.250. The summed E-state index contributed by atoms with van der Waals surface area (Å²) in [4.78, 5) is 30.6. The van der Waals surface area contributed by atoms with Gasteiger partial charge >= 0.3 is 0 Å². The van der Waals surface area contributed by atoms with E-state index in [9.17, 15) is 9.59 Å². The molecule has 122 valence electrons. The molecule has 3 aromatic rings. The number of carbonyl (C=O) groups is 2. The van der Waals surface area contributed by atoms with Crippen molar-refractivity contribution >= 4 is 34.6 Å². The van der Waals surface area contributed by atoms with Crippen molar-refractivity contribution in [2.45, 2.75) is 25.8 Å². The van der Waals surface area contributed by atoms with Crippen LogP contribution >= 0.6 is 0 Å². The van der Waals surface area contributed by atoms with E-state index in [0.717, 1.165) is 16.5 Å². The van der Waals surface area contributed by atoms with Crippen molar-refractivity contribution < 1.29 is 9.59 Å². The van der Waals surface area contributed by atoms with Crippen molar-refractivity contribution in [3.05, 3.63) is 36.0 Å². The van der Waals surface area contributed by atoms with E-state index in [4.69, 9.17) is 0 Å². The predicted molar refractivity (Wildman–Crippen MR) is 88.5 cm³/mol. The second kappa shape index (κ2) is 5.80. The van der Waals surface area contributed by atoms with Gasteiger partial charge in [0, 0.05) is 24.6 Å². The van der Waals surface area contributed by atoms with Crippen molar-refractivity contribution in [1.82, 2.24) is 19.7 Å². The molecular formula is C16H16N6O2. The lowest BCUT2D eigenvalue weighted by Crippen LogP contribution is -2.23. The lowest BCUT2D eigenvalue weighted by Gasteiger charge is -2.11. The molecular weight excluding hydrogens is 308 g/mol. The minimum Gasteiger partial charge on any atom is -0.361 e. The van der Waals surface area contributed by atoms with Crippen LogP contribution in [-0.2, 0) is 22.6 Å². The number of anilines is 2. The molecule has 0 unspecified atom stereocenters. The molecule has 0 spiro atoms. The highest BCUT2D eigenvalue weighted by Gasteiger charge is 2.19. The summed E-state index contributed by atoms with van der Waals surface area (Å²) in [5.74, 6) is 0.351. The highest BCUT2D eigenvalue weighted by molar-refractivity contribution is 5.92. The van der Waals surface area contributed by atoms with Crippen molar-refractivity contribution in [1.29, 1.82) is 0 Å². The highest BCUT2D eigenvalue weighted by Crippen LogP contribution is 2.17. The Labute approximate surface area is 137 Å². The normalized spacial score (nSPS) is 13.6. The zero-order valence-corrected chi connectivity index (χ0v) is 12.9. The molecule has 0 aliphatic carbocycles. The smallest absolute Gasteiger partial charge is 0.250 e. The number of hydrogen-bond acceptors (Lipinski definition) is 4. The van der Waals surface area contributed by atoms with Crippen molar-refractivity contribution in [3.8, 4) is 0 Å². The molecule has 3 heterocycles. The molecule has 8 nitrogen and oxygen atoms in total. The van der Waals surface area contributed by atoms with Crippen LogP contribution in [0.3, 0.4) is 0 Å². The van der Waals surface area contributed by atoms with E-state index in [0.29, 0.717) is 31.8 Å². The summed E-state index contributed by atoms with van der Waals surface area (Å²) in [7, 11) is 0. The predicted octanol–water partition coefficient (Wildman–Crippen LogP) is 1.67. The molecule has 1 aliphatic rings. The van der Waals surface area contributed by atoms with Crippen molar-refractivity contribution in [2.75, 3.05) is 10.6 Å². The quantitative estimate of drug-likeness (QED) is 0.679. The minimum absolute atomic E-state index is 0.0899. The molecule has 4 rings (SSSR count). The Morgan fingerprint density at radius 1 is 1.33 bits per heavy atom. The molecule has 0 atom stereocenters. The first-order chi connectivity index (χ1) is 11.7. The molecule has 0 saturated carbocycles. The average molecular weight is 324 g/mol. The molecule has 2 aromatic heterocycles. The van der Waals surface area contributed by atoms with Crippen LogP contribution in [0, 0.1) is 0 Å². The van der Waals surface area contributed by atoms with Crippen molar-refractivity contribution in [3.63, 3.8) is 0 Å². The van der Waals surface area contributed by atoms with Crippen LogP contribution in [0.1, 0.15) is 18.4 Å². The van der Waals surface area contributed by atoms with Gasteiger partial charge in [0.1, 0.15) is 0 Å². The number of hydrogen-bond donors (Lipinski definition) is 3. The van der Waals surface area contributed by atoms with Gasteiger partial charge in [-0.1, -0.05) is 6.07 Å². The minimum atomic E-state index is -0.154. The zero-order valence-electron chi connectivity index (χ0n) is 12.9. The fourth-order valence-electron chi connectivity index (χ4n) is 2.74. The maximum absolute atomic E-state index is 12.1. The number of nitrogens with one attached hydrogen (secondary N) is 3. The van der Waals surface area contributed by atoms with Crippen LogP contribution < -0.4 is 10.6 Å². The summed E-state index contributed by atoms with van der Waals surface area (Å²) in [6.45, 7) is 0.473. The number of H-pyrrole nitrogens is 1. The maximum atomic E-state index is 12.1. The Bertz CT molecular complexity index is 926. The summed E-state index contributed by atoms with van der Waals surface area (Å²) in [6.07, 6.45) is 3.24. The number of fused-ring (bicyclic) bond motifs is 2. The van der Waals surface area contributed by atoms with Gasteiger partial charge in [0.2, 0.25) is 17.8 Å². The molecule has 1 aromatic carbocycles. The molecule has 0 radical (unpaired) electrons. The zero-order chi connectivity index (χ0) is 16.5. The van der Waals surface area contributed by atoms with Crippen LogP contribution in [0.15, 0.2) is 30.5 Å². The molecule has 1 aliphatic heterocycles. The Kier molecular flexibility index (Phi) is 3.49. The molecule has 2 amide bonds. The molecule has 0 fully saturated rings. The number of nitrogens with zero attached hydrogens (tertiary/aromatic N) is 3. The second-order valence-corrected chi connectivity index (χ2v) is 5.73. The van der Waals surface area contributed by atoms with E-state index < -0.39 is 0 Å². The van der Waals surface area contributed by atoms with Crippen LogP contribution in [-0.4, -0.2) is 31.6 Å². The Morgan fingerprint density at radius 3 is 3.17 bits per heavy atom. The molecule has 8 heteroatoms. The highest BCUT2D eigenvalue weighted by atomic mass is 16.2. The number of rotatable bonds is 4. The van der Waals surface area contributed by atoms with Gasteiger partial charge in [0.15, 0.2) is 0 Å². The van der Waals surface area contributed by atoms with Gasteiger partial charge in [-0.15, -0.1) is 5.10 Å². The lowest BCUT2D eigenvalue weighted by molar-refractivity contribution is -0.117. The second-order valence-electron chi connectivity index (χ2n) is 5.73. The summed E-state index contributed by atoms with van der Waals surface area (Å²) >= 11 is 0. The first-order valence-electron chi connectivity index (χ1n) is 7.78. The topological polar surface area (TPSA) is 105 Å². The van der Waals surface area contributed by atoms with E-state index in [1.165, 1.54) is 0 Å². The van der Waals surface area contributed by atoms with Gasteiger partial charge in [-0.25, -0.2) is 4.68 Å². The largest absolute Gasteiger partial charge is 0.361 e. The Hall–Kier alpha value is -3.16. The summed E-state index contributed by atoms with van der Waals surface area (Å²) in [5, 5.41) is 10.6. The summed E-state index contributed by atoms with van der Waals surface area (Å²) in [6, 6.07) is 8.10. The van der Waals surface area contributed by atoms with E-state index in [2.05, 4.69) is 31.8 Å². The third-order valence-electron chi connectivity index (χ3n) is 3.98. The summed E-state index contributed by atoms with van der Waals surface area (Å²) in [5.41, 5.74) is 2.18. The van der Waals surface area contributed by atoms with Crippen molar-refractivity contribution in [2.24, 2.45) is 0 Å². The van der Waals surface area contributed by atoms with Gasteiger partial charge in [0.25, 0.3) is 5.95 Å². The number of aromatic amines is 1. The number of aromatic nitrogens is 4. The van der Waals surface area contributed by atoms with Gasteiger partial charge in [0.05, 0.1) is 6.54 Å². The third-order valence-corrected chi connectivity index (χ3v) is 3.98. The van der Waals surface area contributed by atoms with E-state index >= 15 is 0 Å². The number of carbonyl (C=O) groups excluding carboxylic acids is 2. The average Bonchev–Trinajstić information content (AvgIpc) is 3.17.